The Morgan fingerprint density at radius 3 is 2.80 bits per heavy atom. The maximum absolute atomic E-state index is 12.1. The van der Waals surface area contributed by atoms with E-state index in [0.717, 1.165) is 65.3 Å². The van der Waals surface area contributed by atoms with Crippen molar-refractivity contribution in [3.8, 4) is 0 Å². The van der Waals surface area contributed by atoms with Crippen LogP contribution in [0.2, 0.25) is 0 Å². The summed E-state index contributed by atoms with van der Waals surface area (Å²) in [6.45, 7) is 8.67. The summed E-state index contributed by atoms with van der Waals surface area (Å²) in [5, 5.41) is 0. The summed E-state index contributed by atoms with van der Waals surface area (Å²) in [6, 6.07) is 0. The Labute approximate surface area is 121 Å². The van der Waals surface area contributed by atoms with Crippen LogP contribution in [-0.4, -0.2) is 73.9 Å². The van der Waals surface area contributed by atoms with E-state index in [1.54, 1.807) is 0 Å². The summed E-state index contributed by atoms with van der Waals surface area (Å²) < 4.78 is 11.5. The van der Waals surface area contributed by atoms with E-state index in [-0.39, 0.29) is 11.5 Å². The molecular formula is C15H26N2O3. The van der Waals surface area contributed by atoms with E-state index in [1.807, 2.05) is 11.8 Å². The Kier molecular flexibility index (Phi) is 4.29. The van der Waals surface area contributed by atoms with Crippen LogP contribution in [0.1, 0.15) is 26.2 Å². The first-order chi connectivity index (χ1) is 9.73. The van der Waals surface area contributed by atoms with Crippen LogP contribution in [0, 0.1) is 5.92 Å². The molecular weight excluding hydrogens is 256 g/mol. The van der Waals surface area contributed by atoms with Crippen molar-refractivity contribution in [3.05, 3.63) is 0 Å². The molecule has 0 radical (unpaired) electrons. The molecule has 0 bridgehead atoms. The monoisotopic (exact) mass is 282 g/mol. The van der Waals surface area contributed by atoms with Crippen LogP contribution in [0.3, 0.4) is 0 Å². The molecule has 0 aromatic rings. The molecule has 1 amide bonds. The SMILES string of the molecule is CCOC[C@H]1CCOC12CN(CC(=O)N1CCCC1)C2. The summed E-state index contributed by atoms with van der Waals surface area (Å²) in [5.41, 5.74) is -0.0273. The van der Waals surface area contributed by atoms with E-state index in [1.165, 1.54) is 0 Å². The highest BCUT2D eigenvalue weighted by molar-refractivity contribution is 5.78. The van der Waals surface area contributed by atoms with Crippen molar-refractivity contribution in [2.24, 2.45) is 5.92 Å². The number of likely N-dealkylation sites (tertiary alicyclic amines) is 2. The molecule has 0 aromatic carbocycles. The Balaban J connectivity index is 1.46. The lowest BCUT2D eigenvalue weighted by atomic mass is 9.81. The molecule has 3 aliphatic rings. The number of amides is 1. The first kappa shape index (κ1) is 14.3. The molecule has 3 heterocycles. The van der Waals surface area contributed by atoms with Gasteiger partial charge >= 0.3 is 0 Å². The van der Waals surface area contributed by atoms with Gasteiger partial charge in [-0.3, -0.25) is 9.69 Å². The highest BCUT2D eigenvalue weighted by Gasteiger charge is 2.53. The van der Waals surface area contributed by atoms with Gasteiger partial charge in [0.15, 0.2) is 0 Å². The minimum Gasteiger partial charge on any atom is -0.381 e. The minimum absolute atomic E-state index is 0.0273. The molecule has 1 atom stereocenters. The van der Waals surface area contributed by atoms with Crippen LogP contribution in [0.5, 0.6) is 0 Å². The lowest BCUT2D eigenvalue weighted by Crippen LogP contribution is -2.66. The molecule has 5 heteroatoms. The van der Waals surface area contributed by atoms with Crippen molar-refractivity contribution >= 4 is 5.91 Å². The second-order valence-corrected chi connectivity index (χ2v) is 6.29. The predicted octanol–water partition coefficient (Wildman–Crippen LogP) is 0.736. The molecule has 0 aromatic heterocycles. The lowest BCUT2D eigenvalue weighted by Gasteiger charge is -2.50. The molecule has 3 rings (SSSR count). The van der Waals surface area contributed by atoms with Crippen molar-refractivity contribution < 1.29 is 14.3 Å². The van der Waals surface area contributed by atoms with Gasteiger partial charge in [0.2, 0.25) is 5.91 Å². The summed E-state index contributed by atoms with van der Waals surface area (Å²) >= 11 is 0. The number of hydrogen-bond acceptors (Lipinski definition) is 4. The molecule has 0 N–H and O–H groups in total. The van der Waals surface area contributed by atoms with Crippen molar-refractivity contribution in [2.45, 2.75) is 31.8 Å². The zero-order valence-corrected chi connectivity index (χ0v) is 12.5. The second kappa shape index (κ2) is 6.00. The maximum atomic E-state index is 12.1. The van der Waals surface area contributed by atoms with E-state index >= 15 is 0 Å². The zero-order valence-electron chi connectivity index (χ0n) is 12.5. The number of rotatable bonds is 5. The summed E-state index contributed by atoms with van der Waals surface area (Å²) in [5.74, 6) is 0.789. The standard InChI is InChI=1S/C15H26N2O3/c1-2-19-10-13-5-8-20-15(13)11-16(12-15)9-14(18)17-6-3-4-7-17/h13H,2-12H2,1H3/t13-/m1/s1. The fourth-order valence-corrected chi connectivity index (χ4v) is 3.71. The molecule has 3 fully saturated rings. The van der Waals surface area contributed by atoms with Crippen LogP contribution < -0.4 is 0 Å². The third-order valence-electron chi connectivity index (χ3n) is 4.92. The predicted molar refractivity (Wildman–Crippen MR) is 75.5 cm³/mol. The maximum Gasteiger partial charge on any atom is 0.236 e. The highest BCUT2D eigenvalue weighted by atomic mass is 16.5. The first-order valence-electron chi connectivity index (χ1n) is 7.95. The van der Waals surface area contributed by atoms with Crippen molar-refractivity contribution in [1.82, 2.24) is 9.80 Å². The number of carbonyl (C=O) groups excluding carboxylic acids is 1. The Hall–Kier alpha value is -0.650. The topological polar surface area (TPSA) is 42.0 Å². The normalized spacial score (nSPS) is 29.1. The molecule has 0 aliphatic carbocycles. The number of carbonyl (C=O) groups is 1. The fourth-order valence-electron chi connectivity index (χ4n) is 3.71. The van der Waals surface area contributed by atoms with Crippen LogP contribution >= 0.6 is 0 Å². The van der Waals surface area contributed by atoms with Gasteiger partial charge in [-0.15, -0.1) is 0 Å². The van der Waals surface area contributed by atoms with E-state index in [2.05, 4.69) is 4.90 Å². The third-order valence-corrected chi connectivity index (χ3v) is 4.92. The average molecular weight is 282 g/mol. The van der Waals surface area contributed by atoms with Crippen molar-refractivity contribution in [2.75, 3.05) is 52.5 Å². The number of ether oxygens (including phenoxy) is 2. The Morgan fingerprint density at radius 1 is 1.35 bits per heavy atom. The smallest absolute Gasteiger partial charge is 0.236 e. The molecule has 3 saturated heterocycles. The van der Waals surface area contributed by atoms with Crippen LogP contribution in [-0.2, 0) is 14.3 Å². The van der Waals surface area contributed by atoms with Gasteiger partial charge in [-0.1, -0.05) is 0 Å². The molecule has 0 saturated carbocycles. The molecule has 0 unspecified atom stereocenters. The molecule has 20 heavy (non-hydrogen) atoms. The molecule has 114 valence electrons. The van der Waals surface area contributed by atoms with Crippen LogP contribution in [0.25, 0.3) is 0 Å². The second-order valence-electron chi connectivity index (χ2n) is 6.29. The quantitative estimate of drug-likeness (QED) is 0.746. The van der Waals surface area contributed by atoms with E-state index in [9.17, 15) is 4.79 Å². The van der Waals surface area contributed by atoms with E-state index in [0.29, 0.717) is 12.5 Å². The molecule has 5 nitrogen and oxygen atoms in total. The summed E-state index contributed by atoms with van der Waals surface area (Å²) in [4.78, 5) is 16.3. The van der Waals surface area contributed by atoms with Gasteiger partial charge in [0.1, 0.15) is 0 Å². The Morgan fingerprint density at radius 2 is 2.10 bits per heavy atom. The lowest BCUT2D eigenvalue weighted by molar-refractivity contribution is -0.154. The van der Waals surface area contributed by atoms with Gasteiger partial charge in [-0.25, -0.2) is 0 Å². The first-order valence-corrected chi connectivity index (χ1v) is 7.95. The third kappa shape index (κ3) is 2.71. The summed E-state index contributed by atoms with van der Waals surface area (Å²) in [6.07, 6.45) is 3.42. The van der Waals surface area contributed by atoms with Gasteiger partial charge in [-0.2, -0.15) is 0 Å². The Bertz CT molecular complexity index is 349. The molecule has 3 aliphatic heterocycles. The van der Waals surface area contributed by atoms with E-state index < -0.39 is 0 Å². The molecule has 1 spiro atoms. The van der Waals surface area contributed by atoms with Gasteiger partial charge < -0.3 is 14.4 Å². The minimum atomic E-state index is -0.0273. The van der Waals surface area contributed by atoms with Crippen LogP contribution in [0.15, 0.2) is 0 Å². The van der Waals surface area contributed by atoms with Crippen LogP contribution in [0.4, 0.5) is 0 Å². The fraction of sp³-hybridized carbons (Fsp3) is 0.933. The number of nitrogens with zero attached hydrogens (tertiary/aromatic N) is 2. The highest BCUT2D eigenvalue weighted by Crippen LogP contribution is 2.40. The van der Waals surface area contributed by atoms with Gasteiger partial charge in [0, 0.05) is 45.3 Å². The zero-order chi connectivity index (χ0) is 14.0. The largest absolute Gasteiger partial charge is 0.381 e. The van der Waals surface area contributed by atoms with E-state index in [4.69, 9.17) is 9.47 Å². The van der Waals surface area contributed by atoms with Crippen molar-refractivity contribution in [3.63, 3.8) is 0 Å². The average Bonchev–Trinajstić information content (AvgIpc) is 3.05. The van der Waals surface area contributed by atoms with Gasteiger partial charge in [0.25, 0.3) is 0 Å². The van der Waals surface area contributed by atoms with Gasteiger partial charge in [0.05, 0.1) is 18.8 Å². The van der Waals surface area contributed by atoms with Gasteiger partial charge in [-0.05, 0) is 26.2 Å². The summed E-state index contributed by atoms with van der Waals surface area (Å²) in [7, 11) is 0. The van der Waals surface area contributed by atoms with Crippen molar-refractivity contribution in [1.29, 1.82) is 0 Å². The number of hydrogen-bond donors (Lipinski definition) is 0.